The van der Waals surface area contributed by atoms with E-state index < -0.39 is 12.0 Å². The van der Waals surface area contributed by atoms with Crippen molar-refractivity contribution >= 4 is 17.4 Å². The number of alkyl halides is 3. The maximum atomic E-state index is 13.0. The lowest BCUT2D eigenvalue weighted by Gasteiger charge is -2.35. The minimum Gasteiger partial charge on any atom is -0.378 e. The van der Waals surface area contributed by atoms with E-state index in [0.717, 1.165) is 4.52 Å². The predicted molar refractivity (Wildman–Crippen MR) is 88.1 cm³/mol. The van der Waals surface area contributed by atoms with E-state index in [-0.39, 0.29) is 17.5 Å². The van der Waals surface area contributed by atoms with E-state index >= 15 is 0 Å². The second-order valence-electron chi connectivity index (χ2n) is 6.68. The molecule has 146 valence electrons. The zero-order chi connectivity index (χ0) is 19.0. The molecule has 2 aromatic heterocycles. The second-order valence-corrected chi connectivity index (χ2v) is 6.68. The molecule has 0 aliphatic carbocycles. The summed E-state index contributed by atoms with van der Waals surface area (Å²) < 4.78 is 45.0. The zero-order valence-corrected chi connectivity index (χ0v) is 14.5. The van der Waals surface area contributed by atoms with Gasteiger partial charge in [-0.2, -0.15) is 17.7 Å². The number of carbonyl (C=O) groups excluding carboxylic acids is 1. The Morgan fingerprint density at radius 1 is 1.07 bits per heavy atom. The molecule has 2 aliphatic heterocycles. The number of ether oxygens (including phenoxy) is 1. The van der Waals surface area contributed by atoms with Gasteiger partial charge < -0.3 is 14.5 Å². The minimum absolute atomic E-state index is 0.0449. The molecule has 11 heteroatoms. The molecular formula is C16H19F3N6O2. The summed E-state index contributed by atoms with van der Waals surface area (Å²) in [6, 6.07) is 3.10. The van der Waals surface area contributed by atoms with Gasteiger partial charge in [-0.25, -0.2) is 0 Å². The van der Waals surface area contributed by atoms with Gasteiger partial charge in [-0.1, -0.05) is 0 Å². The van der Waals surface area contributed by atoms with E-state index in [1.165, 1.54) is 6.07 Å². The number of halogens is 3. The molecule has 0 atom stereocenters. The Kier molecular flexibility index (Phi) is 4.62. The highest BCUT2D eigenvalue weighted by molar-refractivity contribution is 5.79. The standard InChI is InChI=1S/C16H19F3N6O2/c17-16(18,19)15-21-20-12-1-2-13(22-25(12)15)23-5-3-11(4-6-23)14(26)24-7-9-27-10-8-24/h1-2,11H,3-10H2. The van der Waals surface area contributed by atoms with E-state index in [4.69, 9.17) is 4.74 Å². The van der Waals surface area contributed by atoms with Crippen molar-refractivity contribution in [1.29, 1.82) is 0 Å². The predicted octanol–water partition coefficient (Wildman–Crippen LogP) is 1.22. The largest absolute Gasteiger partial charge is 0.453 e. The number of fused-ring (bicyclic) bond motifs is 1. The van der Waals surface area contributed by atoms with Crippen molar-refractivity contribution in [2.75, 3.05) is 44.3 Å². The summed E-state index contributed by atoms with van der Waals surface area (Å²) in [5.41, 5.74) is 0.0449. The van der Waals surface area contributed by atoms with Crippen molar-refractivity contribution in [3.63, 3.8) is 0 Å². The fourth-order valence-electron chi connectivity index (χ4n) is 3.52. The fraction of sp³-hybridized carbons (Fsp3) is 0.625. The summed E-state index contributed by atoms with van der Waals surface area (Å²) in [5.74, 6) is -0.648. The van der Waals surface area contributed by atoms with Crippen LogP contribution in [0.2, 0.25) is 0 Å². The van der Waals surface area contributed by atoms with E-state index in [2.05, 4.69) is 15.3 Å². The van der Waals surface area contributed by atoms with Crippen molar-refractivity contribution in [3.8, 4) is 0 Å². The molecule has 8 nitrogen and oxygen atoms in total. The molecule has 0 radical (unpaired) electrons. The molecule has 4 heterocycles. The van der Waals surface area contributed by atoms with Crippen LogP contribution in [0.5, 0.6) is 0 Å². The highest BCUT2D eigenvalue weighted by Gasteiger charge is 2.38. The third-order valence-electron chi connectivity index (χ3n) is 4.99. The number of aromatic nitrogens is 4. The van der Waals surface area contributed by atoms with Crippen LogP contribution in [0.1, 0.15) is 18.7 Å². The average molecular weight is 384 g/mol. The normalized spacial score (nSPS) is 19.7. The van der Waals surface area contributed by atoms with Gasteiger partial charge >= 0.3 is 6.18 Å². The number of nitrogens with zero attached hydrogens (tertiary/aromatic N) is 6. The molecule has 27 heavy (non-hydrogen) atoms. The van der Waals surface area contributed by atoms with Crippen LogP contribution in [0.3, 0.4) is 0 Å². The molecule has 0 bridgehead atoms. The van der Waals surface area contributed by atoms with E-state index in [1.54, 1.807) is 6.07 Å². The van der Waals surface area contributed by atoms with Crippen LogP contribution in [-0.4, -0.2) is 70.0 Å². The molecule has 0 spiro atoms. The molecular weight excluding hydrogens is 365 g/mol. The Labute approximate surface area is 152 Å². The maximum absolute atomic E-state index is 13.0. The van der Waals surface area contributed by atoms with Crippen molar-refractivity contribution < 1.29 is 22.7 Å². The molecule has 0 N–H and O–H groups in total. The molecule has 0 aromatic carbocycles. The van der Waals surface area contributed by atoms with Gasteiger partial charge in [0.2, 0.25) is 5.91 Å². The molecule has 2 saturated heterocycles. The monoisotopic (exact) mass is 384 g/mol. The minimum atomic E-state index is -4.62. The van der Waals surface area contributed by atoms with Gasteiger partial charge in [0.1, 0.15) is 5.82 Å². The first-order valence-corrected chi connectivity index (χ1v) is 8.84. The summed E-state index contributed by atoms with van der Waals surface area (Å²) in [6.07, 6.45) is -3.34. The molecule has 2 aromatic rings. The van der Waals surface area contributed by atoms with Gasteiger partial charge in [-0.3, -0.25) is 4.79 Å². The lowest BCUT2D eigenvalue weighted by molar-refractivity contribution is -0.146. The van der Waals surface area contributed by atoms with Gasteiger partial charge in [0.15, 0.2) is 5.65 Å². The van der Waals surface area contributed by atoms with Crippen LogP contribution in [0.4, 0.5) is 19.0 Å². The number of carbonyl (C=O) groups is 1. The molecule has 1 amide bonds. The Morgan fingerprint density at radius 2 is 1.78 bits per heavy atom. The molecule has 2 fully saturated rings. The van der Waals surface area contributed by atoms with Crippen LogP contribution < -0.4 is 4.90 Å². The highest BCUT2D eigenvalue weighted by atomic mass is 19.4. The van der Waals surface area contributed by atoms with Crippen LogP contribution in [-0.2, 0) is 15.7 Å². The number of rotatable bonds is 2. The van der Waals surface area contributed by atoms with E-state index in [0.29, 0.717) is 58.1 Å². The third-order valence-corrected chi connectivity index (χ3v) is 4.99. The van der Waals surface area contributed by atoms with Crippen molar-refractivity contribution in [2.24, 2.45) is 5.92 Å². The number of piperidine rings is 1. The van der Waals surface area contributed by atoms with Gasteiger partial charge in [-0.15, -0.1) is 15.3 Å². The fourth-order valence-corrected chi connectivity index (χ4v) is 3.52. The van der Waals surface area contributed by atoms with E-state index in [1.807, 2.05) is 9.80 Å². The first kappa shape index (κ1) is 18.0. The van der Waals surface area contributed by atoms with Crippen molar-refractivity contribution in [2.45, 2.75) is 19.0 Å². The quantitative estimate of drug-likeness (QED) is 0.775. The summed E-state index contributed by atoms with van der Waals surface area (Å²) in [7, 11) is 0. The van der Waals surface area contributed by atoms with Crippen LogP contribution in [0.25, 0.3) is 5.65 Å². The van der Waals surface area contributed by atoms with Crippen LogP contribution in [0, 0.1) is 5.92 Å². The second kappa shape index (κ2) is 6.95. The zero-order valence-electron chi connectivity index (χ0n) is 14.5. The number of hydrogen-bond acceptors (Lipinski definition) is 6. The average Bonchev–Trinajstić information content (AvgIpc) is 3.12. The first-order valence-electron chi connectivity index (χ1n) is 8.84. The van der Waals surface area contributed by atoms with Crippen molar-refractivity contribution in [3.05, 3.63) is 18.0 Å². The smallest absolute Gasteiger partial charge is 0.378 e. The summed E-state index contributed by atoms with van der Waals surface area (Å²) in [6.45, 7) is 3.48. The van der Waals surface area contributed by atoms with Gasteiger partial charge in [0.25, 0.3) is 5.82 Å². The lowest BCUT2D eigenvalue weighted by Crippen LogP contribution is -2.47. The number of anilines is 1. The van der Waals surface area contributed by atoms with Gasteiger partial charge in [-0.05, 0) is 25.0 Å². The SMILES string of the molecule is O=C(C1CCN(c2ccc3nnc(C(F)(F)F)n3n2)CC1)N1CCOCC1. The maximum Gasteiger partial charge on any atom is 0.453 e. The topological polar surface area (TPSA) is 75.9 Å². The van der Waals surface area contributed by atoms with E-state index in [9.17, 15) is 18.0 Å². The first-order chi connectivity index (χ1) is 12.9. The number of hydrogen-bond donors (Lipinski definition) is 0. The molecule has 4 rings (SSSR count). The Bertz CT molecular complexity index is 825. The Balaban J connectivity index is 1.45. The Morgan fingerprint density at radius 3 is 2.44 bits per heavy atom. The molecule has 0 saturated carbocycles. The summed E-state index contributed by atoms with van der Waals surface area (Å²) in [4.78, 5) is 16.3. The van der Waals surface area contributed by atoms with Crippen LogP contribution in [0.15, 0.2) is 12.1 Å². The van der Waals surface area contributed by atoms with Gasteiger partial charge in [0, 0.05) is 32.1 Å². The van der Waals surface area contributed by atoms with Crippen molar-refractivity contribution in [1.82, 2.24) is 24.7 Å². The number of amides is 1. The molecule has 0 unspecified atom stereocenters. The lowest BCUT2D eigenvalue weighted by atomic mass is 9.95. The highest BCUT2D eigenvalue weighted by Crippen LogP contribution is 2.29. The summed E-state index contributed by atoms with van der Waals surface area (Å²) >= 11 is 0. The third kappa shape index (κ3) is 3.55. The number of morpholine rings is 1. The summed E-state index contributed by atoms with van der Waals surface area (Å²) in [5, 5.41) is 10.8. The molecule has 2 aliphatic rings. The Hall–Kier alpha value is -2.43. The van der Waals surface area contributed by atoms with Crippen LogP contribution >= 0.6 is 0 Å². The van der Waals surface area contributed by atoms with Gasteiger partial charge in [0.05, 0.1) is 13.2 Å².